The van der Waals surface area contributed by atoms with E-state index in [9.17, 15) is 4.79 Å². The molecule has 0 bridgehead atoms. The van der Waals surface area contributed by atoms with Crippen molar-refractivity contribution in [2.75, 3.05) is 0 Å². The van der Waals surface area contributed by atoms with Crippen LogP contribution >= 0.6 is 11.8 Å². The summed E-state index contributed by atoms with van der Waals surface area (Å²) in [6.45, 7) is 1.61. The van der Waals surface area contributed by atoms with E-state index in [2.05, 4.69) is 21.3 Å². The van der Waals surface area contributed by atoms with Gasteiger partial charge in [0, 0.05) is 5.75 Å². The van der Waals surface area contributed by atoms with Gasteiger partial charge >= 0.3 is 0 Å². The van der Waals surface area contributed by atoms with Crippen molar-refractivity contribution in [3.05, 3.63) is 51.4 Å². The predicted molar refractivity (Wildman–Crippen MR) is 68.1 cm³/mol. The molecule has 6 heteroatoms. The molecule has 0 amide bonds. The average molecular weight is 258 g/mol. The molecule has 1 N–H and O–H groups in total. The molecule has 1 heterocycles. The van der Waals surface area contributed by atoms with E-state index < -0.39 is 0 Å². The zero-order valence-electron chi connectivity index (χ0n) is 9.67. The molecule has 2 rings (SSSR count). The number of thioether (sulfide) groups is 1. The fourth-order valence-corrected chi connectivity index (χ4v) is 2.03. The van der Waals surface area contributed by atoms with Gasteiger partial charge in [0.25, 0.3) is 5.56 Å². The monoisotopic (exact) mass is 258 g/mol. The van der Waals surface area contributed by atoms with Gasteiger partial charge in [0.2, 0.25) is 0 Å². The first-order chi connectivity index (χ1) is 8.69. The van der Waals surface area contributed by atoms with Crippen LogP contribution in [0.1, 0.15) is 16.8 Å². The van der Waals surface area contributed by atoms with E-state index in [1.807, 2.05) is 12.1 Å². The van der Waals surface area contributed by atoms with E-state index >= 15 is 0 Å². The standard InChI is InChI=1S/C12H10N4OS/c1-8-11(17)14-12(16-15-8)18-7-10-4-2-9(6-13)3-5-10/h2-5H,7H2,1H3,(H,14,16,17). The Morgan fingerprint density at radius 2 is 2.06 bits per heavy atom. The molecule has 0 fully saturated rings. The molecule has 1 aromatic heterocycles. The zero-order valence-corrected chi connectivity index (χ0v) is 10.5. The third kappa shape index (κ3) is 2.96. The molecule has 0 saturated heterocycles. The molecule has 0 saturated carbocycles. The van der Waals surface area contributed by atoms with Crippen molar-refractivity contribution in [2.45, 2.75) is 17.8 Å². The van der Waals surface area contributed by atoms with Gasteiger partial charge in [-0.15, -0.1) is 10.2 Å². The van der Waals surface area contributed by atoms with Gasteiger partial charge in [0.1, 0.15) is 5.69 Å². The van der Waals surface area contributed by atoms with Gasteiger partial charge in [-0.25, -0.2) is 0 Å². The number of aryl methyl sites for hydroxylation is 1. The molecular weight excluding hydrogens is 248 g/mol. The van der Waals surface area contributed by atoms with E-state index in [1.54, 1.807) is 19.1 Å². The zero-order chi connectivity index (χ0) is 13.0. The van der Waals surface area contributed by atoms with Crippen LogP contribution < -0.4 is 5.56 Å². The van der Waals surface area contributed by atoms with Crippen LogP contribution in [0.2, 0.25) is 0 Å². The Bertz CT molecular complexity index is 642. The van der Waals surface area contributed by atoms with E-state index in [0.29, 0.717) is 22.2 Å². The van der Waals surface area contributed by atoms with Crippen LogP contribution in [0.15, 0.2) is 34.2 Å². The number of hydrogen-bond acceptors (Lipinski definition) is 5. The quantitative estimate of drug-likeness (QED) is 0.846. The number of aromatic amines is 1. The minimum absolute atomic E-state index is 0.215. The van der Waals surface area contributed by atoms with E-state index in [1.165, 1.54) is 11.8 Å². The maximum absolute atomic E-state index is 11.3. The maximum atomic E-state index is 11.3. The second kappa shape index (κ2) is 5.47. The number of benzene rings is 1. The summed E-state index contributed by atoms with van der Waals surface area (Å²) in [5.74, 6) is 0.666. The first kappa shape index (κ1) is 12.3. The van der Waals surface area contributed by atoms with Gasteiger partial charge in [-0.1, -0.05) is 23.9 Å². The molecule has 0 spiro atoms. The van der Waals surface area contributed by atoms with Crippen LogP contribution in [0.4, 0.5) is 0 Å². The van der Waals surface area contributed by atoms with Gasteiger partial charge in [0.15, 0.2) is 5.16 Å². The highest BCUT2D eigenvalue weighted by molar-refractivity contribution is 7.98. The van der Waals surface area contributed by atoms with Crippen molar-refractivity contribution in [1.82, 2.24) is 15.2 Å². The number of nitrogens with one attached hydrogen (secondary N) is 1. The first-order valence-electron chi connectivity index (χ1n) is 5.24. The molecular formula is C12H10N4OS. The molecule has 0 aliphatic carbocycles. The summed E-state index contributed by atoms with van der Waals surface area (Å²) in [5, 5.41) is 16.8. The Morgan fingerprint density at radius 1 is 1.33 bits per heavy atom. The Kier molecular flexibility index (Phi) is 3.75. The van der Waals surface area contributed by atoms with E-state index in [-0.39, 0.29) is 5.56 Å². The third-order valence-corrected chi connectivity index (χ3v) is 3.23. The average Bonchev–Trinajstić information content (AvgIpc) is 2.41. The van der Waals surface area contributed by atoms with E-state index in [4.69, 9.17) is 5.26 Å². The largest absolute Gasteiger partial charge is 0.298 e. The number of nitriles is 1. The summed E-state index contributed by atoms with van der Waals surface area (Å²) in [6.07, 6.45) is 0. The molecule has 0 unspecified atom stereocenters. The Morgan fingerprint density at radius 3 is 2.67 bits per heavy atom. The fraction of sp³-hybridized carbons (Fsp3) is 0.167. The molecule has 0 atom stereocenters. The number of nitrogens with zero attached hydrogens (tertiary/aromatic N) is 3. The smallest absolute Gasteiger partial charge is 0.273 e. The van der Waals surface area contributed by atoms with Crippen LogP contribution in [0, 0.1) is 18.3 Å². The molecule has 0 aliphatic rings. The molecule has 1 aromatic carbocycles. The fourth-order valence-electron chi connectivity index (χ4n) is 1.27. The first-order valence-corrected chi connectivity index (χ1v) is 6.23. The number of hydrogen-bond donors (Lipinski definition) is 1. The van der Waals surface area contributed by atoms with Crippen molar-refractivity contribution < 1.29 is 0 Å². The second-order valence-electron chi connectivity index (χ2n) is 3.64. The van der Waals surface area contributed by atoms with Gasteiger partial charge in [-0.05, 0) is 24.6 Å². The van der Waals surface area contributed by atoms with Gasteiger partial charge < -0.3 is 0 Å². The Hall–Kier alpha value is -2.13. The van der Waals surface area contributed by atoms with Crippen molar-refractivity contribution >= 4 is 11.8 Å². The summed E-state index contributed by atoms with van der Waals surface area (Å²) in [7, 11) is 0. The highest BCUT2D eigenvalue weighted by Gasteiger charge is 2.02. The number of rotatable bonds is 3. The van der Waals surface area contributed by atoms with Crippen molar-refractivity contribution in [1.29, 1.82) is 5.26 Å². The molecule has 0 aliphatic heterocycles. The summed E-state index contributed by atoms with van der Waals surface area (Å²) >= 11 is 1.40. The lowest BCUT2D eigenvalue weighted by molar-refractivity contribution is 0.790. The van der Waals surface area contributed by atoms with Crippen molar-refractivity contribution in [2.24, 2.45) is 0 Å². The van der Waals surface area contributed by atoms with Crippen LogP contribution in [-0.2, 0) is 5.75 Å². The molecule has 0 radical (unpaired) electrons. The van der Waals surface area contributed by atoms with Crippen LogP contribution in [0.25, 0.3) is 0 Å². The van der Waals surface area contributed by atoms with Crippen molar-refractivity contribution in [3.63, 3.8) is 0 Å². The molecule has 5 nitrogen and oxygen atoms in total. The maximum Gasteiger partial charge on any atom is 0.273 e. The lowest BCUT2D eigenvalue weighted by Crippen LogP contribution is -2.14. The van der Waals surface area contributed by atoms with Gasteiger partial charge in [-0.2, -0.15) is 5.26 Å². The summed E-state index contributed by atoms with van der Waals surface area (Å²) in [4.78, 5) is 14.0. The Balaban J connectivity index is 2.04. The molecule has 2 aromatic rings. The van der Waals surface area contributed by atoms with Crippen LogP contribution in [-0.4, -0.2) is 15.2 Å². The minimum Gasteiger partial charge on any atom is -0.298 e. The molecule has 18 heavy (non-hydrogen) atoms. The lowest BCUT2D eigenvalue weighted by Gasteiger charge is -2.01. The highest BCUT2D eigenvalue weighted by Crippen LogP contribution is 2.17. The normalized spacial score (nSPS) is 10.0. The van der Waals surface area contributed by atoms with Gasteiger partial charge in [0.05, 0.1) is 11.6 Å². The number of aromatic nitrogens is 3. The topological polar surface area (TPSA) is 82.4 Å². The SMILES string of the molecule is Cc1nnc(SCc2ccc(C#N)cc2)[nH]c1=O. The third-order valence-electron chi connectivity index (χ3n) is 2.30. The lowest BCUT2D eigenvalue weighted by atomic mass is 10.2. The highest BCUT2D eigenvalue weighted by atomic mass is 32.2. The summed E-state index contributed by atoms with van der Waals surface area (Å²) in [6, 6.07) is 9.35. The van der Waals surface area contributed by atoms with Crippen LogP contribution in [0.5, 0.6) is 0 Å². The summed E-state index contributed by atoms with van der Waals surface area (Å²) in [5.41, 5.74) is 1.83. The minimum atomic E-state index is -0.215. The summed E-state index contributed by atoms with van der Waals surface area (Å²) < 4.78 is 0. The van der Waals surface area contributed by atoms with Crippen LogP contribution in [0.3, 0.4) is 0 Å². The number of H-pyrrole nitrogens is 1. The molecule has 90 valence electrons. The van der Waals surface area contributed by atoms with Gasteiger partial charge in [-0.3, -0.25) is 9.78 Å². The second-order valence-corrected chi connectivity index (χ2v) is 4.61. The van der Waals surface area contributed by atoms with Crippen molar-refractivity contribution in [3.8, 4) is 6.07 Å². The Labute approximate surface area is 108 Å². The van der Waals surface area contributed by atoms with E-state index in [0.717, 1.165) is 5.56 Å². The predicted octanol–water partition coefficient (Wildman–Crippen LogP) is 1.64.